The Bertz CT molecular complexity index is 740. The molecule has 1 aliphatic rings. The molecule has 1 aliphatic heterocycles. The summed E-state index contributed by atoms with van der Waals surface area (Å²) >= 11 is 1.49. The average molecular weight is 346 g/mol. The smallest absolute Gasteiger partial charge is 0.311 e. The van der Waals surface area contributed by atoms with Gasteiger partial charge < -0.3 is 10.2 Å². The van der Waals surface area contributed by atoms with Gasteiger partial charge in [-0.05, 0) is 37.3 Å². The monoisotopic (exact) mass is 346 g/mol. The van der Waals surface area contributed by atoms with Crippen molar-refractivity contribution in [1.29, 1.82) is 0 Å². The van der Waals surface area contributed by atoms with Crippen molar-refractivity contribution in [3.05, 3.63) is 50.3 Å². The van der Waals surface area contributed by atoms with Gasteiger partial charge in [-0.15, -0.1) is 0 Å². The molecule has 1 fully saturated rings. The molecule has 3 rings (SSSR count). The zero-order chi connectivity index (χ0) is 17.1. The minimum Gasteiger partial charge on any atom is -0.351 e. The van der Waals surface area contributed by atoms with Crippen LogP contribution in [-0.4, -0.2) is 34.9 Å². The maximum absolute atomic E-state index is 12.1. The molecule has 2 aromatic heterocycles. The first-order chi connectivity index (χ1) is 11.5. The largest absolute Gasteiger partial charge is 0.351 e. The Morgan fingerprint density at radius 3 is 2.75 bits per heavy atom. The molecule has 0 unspecified atom stereocenters. The number of thiophene rings is 1. The standard InChI is InChI=1S/C16H18N4O3S/c1-11-2-3-14(20(22)23)15(17-11)19-7-4-13(5-8-19)18-16(21)12-6-9-24-10-12/h2-3,6,9-10,13H,4-5,7-8H2,1H3,(H,18,21). The number of nitrogens with one attached hydrogen (secondary N) is 1. The summed E-state index contributed by atoms with van der Waals surface area (Å²) in [5, 5.41) is 17.9. The van der Waals surface area contributed by atoms with Crippen LogP contribution in [0.4, 0.5) is 11.5 Å². The zero-order valence-electron chi connectivity index (χ0n) is 13.3. The predicted molar refractivity (Wildman–Crippen MR) is 92.6 cm³/mol. The van der Waals surface area contributed by atoms with Gasteiger partial charge in [0.1, 0.15) is 0 Å². The molecule has 1 amide bonds. The van der Waals surface area contributed by atoms with Crippen molar-refractivity contribution in [2.75, 3.05) is 18.0 Å². The number of aryl methyl sites for hydroxylation is 1. The summed E-state index contributed by atoms with van der Waals surface area (Å²) in [5.74, 6) is 0.358. The van der Waals surface area contributed by atoms with Gasteiger partial charge >= 0.3 is 5.69 Å². The molecule has 24 heavy (non-hydrogen) atoms. The lowest BCUT2D eigenvalue weighted by atomic mass is 10.0. The number of nitrogens with zero attached hydrogens (tertiary/aromatic N) is 3. The fourth-order valence-corrected chi connectivity index (χ4v) is 3.44. The number of amides is 1. The molecule has 1 N–H and O–H groups in total. The summed E-state index contributed by atoms with van der Waals surface area (Å²) in [7, 11) is 0. The SMILES string of the molecule is Cc1ccc([N+](=O)[O-])c(N2CCC(NC(=O)c3ccsc3)CC2)n1. The Balaban J connectivity index is 1.64. The molecule has 3 heterocycles. The number of carbonyl (C=O) groups is 1. The number of aromatic nitrogens is 1. The summed E-state index contributed by atoms with van der Waals surface area (Å²) < 4.78 is 0. The third-order valence-corrected chi connectivity index (χ3v) is 4.79. The van der Waals surface area contributed by atoms with E-state index >= 15 is 0 Å². The van der Waals surface area contributed by atoms with Gasteiger partial charge in [-0.2, -0.15) is 11.3 Å². The van der Waals surface area contributed by atoms with Gasteiger partial charge in [0.2, 0.25) is 5.82 Å². The fourth-order valence-electron chi connectivity index (χ4n) is 2.81. The molecule has 0 aliphatic carbocycles. The molecule has 0 aromatic carbocycles. The van der Waals surface area contributed by atoms with E-state index in [9.17, 15) is 14.9 Å². The molecule has 1 saturated heterocycles. The second kappa shape index (κ2) is 6.96. The molecule has 126 valence electrons. The first-order valence-corrected chi connectivity index (χ1v) is 8.69. The first kappa shape index (κ1) is 16.4. The van der Waals surface area contributed by atoms with E-state index in [0.717, 1.165) is 18.5 Å². The Morgan fingerprint density at radius 2 is 2.12 bits per heavy atom. The molecule has 0 radical (unpaired) electrons. The van der Waals surface area contributed by atoms with E-state index < -0.39 is 4.92 Å². The lowest BCUT2D eigenvalue weighted by Crippen LogP contribution is -2.45. The second-order valence-electron chi connectivity index (χ2n) is 5.80. The van der Waals surface area contributed by atoms with Gasteiger partial charge in [-0.25, -0.2) is 4.98 Å². The fraction of sp³-hybridized carbons (Fsp3) is 0.375. The van der Waals surface area contributed by atoms with Gasteiger partial charge in [0.15, 0.2) is 0 Å². The van der Waals surface area contributed by atoms with Crippen LogP contribution in [0.5, 0.6) is 0 Å². The quantitative estimate of drug-likeness (QED) is 0.679. The first-order valence-electron chi connectivity index (χ1n) is 7.74. The van der Waals surface area contributed by atoms with Crippen LogP contribution in [0.25, 0.3) is 0 Å². The van der Waals surface area contributed by atoms with Crippen LogP contribution in [0.1, 0.15) is 28.9 Å². The summed E-state index contributed by atoms with van der Waals surface area (Å²) in [6.07, 6.45) is 1.48. The summed E-state index contributed by atoms with van der Waals surface area (Å²) in [4.78, 5) is 29.2. The maximum atomic E-state index is 12.1. The van der Waals surface area contributed by atoms with E-state index in [0.29, 0.717) is 24.5 Å². The Labute approximate surface area is 143 Å². The van der Waals surface area contributed by atoms with E-state index in [1.54, 1.807) is 12.1 Å². The third kappa shape index (κ3) is 3.53. The van der Waals surface area contributed by atoms with E-state index in [4.69, 9.17) is 0 Å². The molecule has 0 bridgehead atoms. The Hall–Kier alpha value is -2.48. The number of hydrogen-bond donors (Lipinski definition) is 1. The minimum absolute atomic E-state index is 0.0290. The van der Waals surface area contributed by atoms with Crippen molar-refractivity contribution in [3.63, 3.8) is 0 Å². The van der Waals surface area contributed by atoms with Crippen LogP contribution < -0.4 is 10.2 Å². The van der Waals surface area contributed by atoms with E-state index in [1.165, 1.54) is 17.4 Å². The molecule has 0 atom stereocenters. The second-order valence-corrected chi connectivity index (χ2v) is 6.58. The van der Waals surface area contributed by atoms with Crippen molar-refractivity contribution < 1.29 is 9.72 Å². The van der Waals surface area contributed by atoms with Crippen molar-refractivity contribution in [3.8, 4) is 0 Å². The van der Waals surface area contributed by atoms with Crippen molar-refractivity contribution >= 4 is 28.7 Å². The molecule has 8 heteroatoms. The number of rotatable bonds is 4. The average Bonchev–Trinajstić information content (AvgIpc) is 3.10. The minimum atomic E-state index is -0.397. The highest BCUT2D eigenvalue weighted by atomic mass is 32.1. The highest BCUT2D eigenvalue weighted by Gasteiger charge is 2.27. The Kier molecular flexibility index (Phi) is 4.75. The third-order valence-electron chi connectivity index (χ3n) is 4.10. The Morgan fingerprint density at radius 1 is 1.38 bits per heavy atom. The molecule has 0 saturated carbocycles. The number of hydrogen-bond acceptors (Lipinski definition) is 6. The molecular formula is C16H18N4O3S. The zero-order valence-corrected chi connectivity index (χ0v) is 14.1. The van der Waals surface area contributed by atoms with Gasteiger partial charge in [0, 0.05) is 41.8 Å². The van der Waals surface area contributed by atoms with Crippen molar-refractivity contribution in [2.24, 2.45) is 0 Å². The van der Waals surface area contributed by atoms with Crippen molar-refractivity contribution in [2.45, 2.75) is 25.8 Å². The molecular weight excluding hydrogens is 328 g/mol. The molecule has 0 spiro atoms. The van der Waals surface area contributed by atoms with Gasteiger partial charge in [-0.1, -0.05) is 0 Å². The molecule has 7 nitrogen and oxygen atoms in total. The predicted octanol–water partition coefficient (Wildman–Crippen LogP) is 2.76. The van der Waals surface area contributed by atoms with Crippen LogP contribution in [0.15, 0.2) is 29.0 Å². The van der Waals surface area contributed by atoms with E-state index in [2.05, 4.69) is 10.3 Å². The lowest BCUT2D eigenvalue weighted by Gasteiger charge is -2.32. The normalized spacial score (nSPS) is 15.3. The summed E-state index contributed by atoms with van der Waals surface area (Å²) in [5.41, 5.74) is 1.46. The van der Waals surface area contributed by atoms with Gasteiger partial charge in [0.05, 0.1) is 4.92 Å². The van der Waals surface area contributed by atoms with Gasteiger partial charge in [-0.3, -0.25) is 14.9 Å². The highest BCUT2D eigenvalue weighted by Crippen LogP contribution is 2.28. The topological polar surface area (TPSA) is 88.4 Å². The highest BCUT2D eigenvalue weighted by molar-refractivity contribution is 7.08. The maximum Gasteiger partial charge on any atom is 0.311 e. The summed E-state index contributed by atoms with van der Waals surface area (Å²) in [6, 6.07) is 5.03. The van der Waals surface area contributed by atoms with Gasteiger partial charge in [0.25, 0.3) is 5.91 Å². The van der Waals surface area contributed by atoms with Crippen LogP contribution in [0.2, 0.25) is 0 Å². The summed E-state index contributed by atoms with van der Waals surface area (Å²) in [6.45, 7) is 3.08. The van der Waals surface area contributed by atoms with Crippen LogP contribution >= 0.6 is 11.3 Å². The van der Waals surface area contributed by atoms with Crippen LogP contribution in [0.3, 0.4) is 0 Å². The molecule has 2 aromatic rings. The van der Waals surface area contributed by atoms with E-state index in [1.807, 2.05) is 22.6 Å². The van der Waals surface area contributed by atoms with Crippen LogP contribution in [0, 0.1) is 17.0 Å². The number of piperidine rings is 1. The number of pyridine rings is 1. The van der Waals surface area contributed by atoms with Crippen LogP contribution in [-0.2, 0) is 0 Å². The van der Waals surface area contributed by atoms with Crippen molar-refractivity contribution in [1.82, 2.24) is 10.3 Å². The lowest BCUT2D eigenvalue weighted by molar-refractivity contribution is -0.384. The number of nitro groups is 1. The van der Waals surface area contributed by atoms with E-state index in [-0.39, 0.29) is 17.6 Å². The number of anilines is 1. The number of carbonyl (C=O) groups excluding carboxylic acids is 1.